The molecule has 0 bridgehead atoms. The number of halogens is 1. The van der Waals surface area contributed by atoms with Crippen LogP contribution in [0.3, 0.4) is 0 Å². The Morgan fingerprint density at radius 1 is 1.44 bits per heavy atom. The van der Waals surface area contributed by atoms with Crippen LogP contribution in [0.5, 0.6) is 0 Å². The highest BCUT2D eigenvalue weighted by atomic mass is 35.5. The van der Waals surface area contributed by atoms with Crippen molar-refractivity contribution in [2.45, 2.75) is 25.8 Å². The van der Waals surface area contributed by atoms with Gasteiger partial charge in [-0.2, -0.15) is 0 Å². The normalized spacial score (nSPS) is 12.0. The number of benzene rings is 1. The maximum absolute atomic E-state index is 11.8. The summed E-state index contributed by atoms with van der Waals surface area (Å²) in [6.45, 7) is 2.96. The highest BCUT2D eigenvalue weighted by Crippen LogP contribution is 2.29. The van der Waals surface area contributed by atoms with Gasteiger partial charge in [0.1, 0.15) is 5.38 Å². The molecule has 1 aromatic rings. The Kier molecular flexibility index (Phi) is 5.31. The number of ketones is 1. The monoisotopic (exact) mass is 270 g/mol. The standard InChI is InChI=1S/C13H15ClO4/c1-3-18-13(17)10-6-4-5-9(7-15)11(10)12(14)8(2)16/h4-6,12,15H,3,7H2,1-2H3. The summed E-state index contributed by atoms with van der Waals surface area (Å²) in [5, 5.41) is 8.30. The van der Waals surface area contributed by atoms with Gasteiger partial charge in [-0.25, -0.2) is 4.79 Å². The van der Waals surface area contributed by atoms with Gasteiger partial charge in [-0.15, -0.1) is 11.6 Å². The Labute approximate surface area is 111 Å². The van der Waals surface area contributed by atoms with E-state index < -0.39 is 11.3 Å². The molecule has 0 aromatic heterocycles. The molecule has 1 rings (SSSR count). The van der Waals surface area contributed by atoms with E-state index in [-0.39, 0.29) is 24.6 Å². The van der Waals surface area contributed by atoms with Gasteiger partial charge in [-0.3, -0.25) is 4.79 Å². The summed E-state index contributed by atoms with van der Waals surface area (Å²) < 4.78 is 4.91. The lowest BCUT2D eigenvalue weighted by Gasteiger charge is -2.15. The number of rotatable bonds is 5. The van der Waals surface area contributed by atoms with Crippen molar-refractivity contribution in [1.82, 2.24) is 0 Å². The van der Waals surface area contributed by atoms with Gasteiger partial charge in [0.15, 0.2) is 5.78 Å². The van der Waals surface area contributed by atoms with Crippen molar-refractivity contribution in [3.8, 4) is 0 Å². The molecule has 0 radical (unpaired) electrons. The molecular formula is C13H15ClO4. The molecule has 0 aliphatic rings. The molecule has 0 amide bonds. The van der Waals surface area contributed by atoms with Gasteiger partial charge >= 0.3 is 5.97 Å². The Hall–Kier alpha value is -1.39. The van der Waals surface area contributed by atoms with Crippen LogP contribution in [0.25, 0.3) is 0 Å². The van der Waals surface area contributed by atoms with Crippen LogP contribution in [0, 0.1) is 0 Å². The van der Waals surface area contributed by atoms with Gasteiger partial charge in [0.25, 0.3) is 0 Å². The molecule has 98 valence electrons. The zero-order chi connectivity index (χ0) is 13.7. The van der Waals surface area contributed by atoms with Gasteiger partial charge in [0.2, 0.25) is 0 Å². The summed E-state index contributed by atoms with van der Waals surface area (Å²) in [5.74, 6) is -0.835. The smallest absolute Gasteiger partial charge is 0.338 e. The number of carbonyl (C=O) groups excluding carboxylic acids is 2. The summed E-state index contributed by atoms with van der Waals surface area (Å²) in [4.78, 5) is 23.2. The van der Waals surface area contributed by atoms with E-state index in [0.717, 1.165) is 0 Å². The SMILES string of the molecule is CCOC(=O)c1cccc(CO)c1C(Cl)C(C)=O. The highest BCUT2D eigenvalue weighted by Gasteiger charge is 2.24. The van der Waals surface area contributed by atoms with Crippen molar-refractivity contribution >= 4 is 23.4 Å². The van der Waals surface area contributed by atoms with Crippen LogP contribution < -0.4 is 0 Å². The molecule has 0 saturated carbocycles. The molecule has 5 heteroatoms. The van der Waals surface area contributed by atoms with Crippen LogP contribution in [0.15, 0.2) is 18.2 Å². The van der Waals surface area contributed by atoms with Crippen molar-refractivity contribution in [3.05, 3.63) is 34.9 Å². The predicted octanol–water partition coefficient (Wildman–Crippen LogP) is 2.22. The third-order valence-corrected chi connectivity index (χ3v) is 3.00. The number of hydrogen-bond donors (Lipinski definition) is 1. The van der Waals surface area contributed by atoms with Gasteiger partial charge in [0, 0.05) is 0 Å². The second-order valence-corrected chi connectivity index (χ2v) is 4.17. The average Bonchev–Trinajstić information content (AvgIpc) is 2.37. The fourth-order valence-corrected chi connectivity index (χ4v) is 1.90. The number of ether oxygens (including phenoxy) is 1. The molecule has 0 fully saturated rings. The molecule has 0 aliphatic carbocycles. The van der Waals surface area contributed by atoms with Crippen LogP contribution in [0.2, 0.25) is 0 Å². The van der Waals surface area contributed by atoms with Crippen LogP contribution in [-0.2, 0) is 16.1 Å². The van der Waals surface area contributed by atoms with E-state index in [2.05, 4.69) is 0 Å². The number of esters is 1. The molecule has 0 aliphatic heterocycles. The lowest BCUT2D eigenvalue weighted by Crippen LogP contribution is -2.14. The molecule has 1 N–H and O–H groups in total. The first kappa shape index (κ1) is 14.7. The van der Waals surface area contributed by atoms with Crippen LogP contribution >= 0.6 is 11.6 Å². The van der Waals surface area contributed by atoms with E-state index in [9.17, 15) is 14.7 Å². The molecular weight excluding hydrogens is 256 g/mol. The van der Waals surface area contributed by atoms with E-state index in [1.54, 1.807) is 19.1 Å². The summed E-state index contributed by atoms with van der Waals surface area (Å²) in [6, 6.07) is 4.77. The maximum atomic E-state index is 11.8. The first-order valence-electron chi connectivity index (χ1n) is 5.57. The molecule has 18 heavy (non-hydrogen) atoms. The van der Waals surface area contributed by atoms with E-state index >= 15 is 0 Å². The quantitative estimate of drug-likeness (QED) is 0.658. The molecule has 0 saturated heterocycles. The zero-order valence-corrected chi connectivity index (χ0v) is 11.0. The molecule has 1 unspecified atom stereocenters. The van der Waals surface area contributed by atoms with Crippen molar-refractivity contribution in [2.75, 3.05) is 6.61 Å². The first-order valence-corrected chi connectivity index (χ1v) is 6.00. The van der Waals surface area contributed by atoms with Gasteiger partial charge in [-0.05, 0) is 31.0 Å². The summed E-state index contributed by atoms with van der Waals surface area (Å²) >= 11 is 6.01. The number of aliphatic hydroxyl groups is 1. The average molecular weight is 271 g/mol. The number of alkyl halides is 1. The fraction of sp³-hybridized carbons (Fsp3) is 0.385. The second kappa shape index (κ2) is 6.52. The fourth-order valence-electron chi connectivity index (χ4n) is 1.64. The lowest BCUT2D eigenvalue weighted by molar-refractivity contribution is -0.116. The molecule has 0 spiro atoms. The lowest BCUT2D eigenvalue weighted by atomic mass is 9.96. The molecule has 1 atom stereocenters. The maximum Gasteiger partial charge on any atom is 0.338 e. The third-order valence-electron chi connectivity index (χ3n) is 2.47. The minimum Gasteiger partial charge on any atom is -0.462 e. The predicted molar refractivity (Wildman–Crippen MR) is 67.6 cm³/mol. The van der Waals surface area contributed by atoms with Crippen molar-refractivity contribution in [1.29, 1.82) is 0 Å². The minimum atomic E-state index is -0.965. The van der Waals surface area contributed by atoms with Crippen molar-refractivity contribution < 1.29 is 19.4 Å². The number of carbonyl (C=O) groups is 2. The molecule has 4 nitrogen and oxygen atoms in total. The van der Waals surface area contributed by atoms with Gasteiger partial charge in [-0.1, -0.05) is 12.1 Å². The number of Topliss-reactive ketones (excluding diaryl/α,β-unsaturated/α-hetero) is 1. The summed E-state index contributed by atoms with van der Waals surface area (Å²) in [7, 11) is 0. The van der Waals surface area contributed by atoms with E-state index in [1.165, 1.54) is 13.0 Å². The Morgan fingerprint density at radius 3 is 2.61 bits per heavy atom. The second-order valence-electron chi connectivity index (χ2n) is 3.73. The highest BCUT2D eigenvalue weighted by molar-refractivity contribution is 6.31. The van der Waals surface area contributed by atoms with Gasteiger partial charge < -0.3 is 9.84 Å². The Balaban J connectivity index is 3.33. The van der Waals surface area contributed by atoms with E-state index in [4.69, 9.17) is 16.3 Å². The molecule has 1 aromatic carbocycles. The van der Waals surface area contributed by atoms with Crippen LogP contribution in [-0.4, -0.2) is 23.5 Å². The zero-order valence-electron chi connectivity index (χ0n) is 10.3. The first-order chi connectivity index (χ1) is 8.52. The Bertz CT molecular complexity index is 456. The van der Waals surface area contributed by atoms with Crippen molar-refractivity contribution in [3.63, 3.8) is 0 Å². The van der Waals surface area contributed by atoms with Crippen LogP contribution in [0.1, 0.15) is 40.7 Å². The summed E-state index contributed by atoms with van der Waals surface area (Å²) in [5.41, 5.74) is 1.00. The number of aliphatic hydroxyl groups excluding tert-OH is 1. The third kappa shape index (κ3) is 3.09. The largest absolute Gasteiger partial charge is 0.462 e. The van der Waals surface area contributed by atoms with E-state index in [1.807, 2.05) is 0 Å². The van der Waals surface area contributed by atoms with Gasteiger partial charge in [0.05, 0.1) is 18.8 Å². The number of hydrogen-bond acceptors (Lipinski definition) is 4. The summed E-state index contributed by atoms with van der Waals surface area (Å²) in [6.07, 6.45) is 0. The van der Waals surface area contributed by atoms with Crippen LogP contribution in [0.4, 0.5) is 0 Å². The minimum absolute atomic E-state index is 0.221. The molecule has 0 heterocycles. The van der Waals surface area contributed by atoms with E-state index in [0.29, 0.717) is 11.1 Å². The topological polar surface area (TPSA) is 63.6 Å². The van der Waals surface area contributed by atoms with Crippen molar-refractivity contribution in [2.24, 2.45) is 0 Å². The Morgan fingerprint density at radius 2 is 2.11 bits per heavy atom.